The van der Waals surface area contributed by atoms with E-state index >= 15 is 0 Å². The smallest absolute Gasteiger partial charge is 0.243 e. The first-order chi connectivity index (χ1) is 12.8. The SMILES string of the molecule is CCCCNC(=O)CN(Cc1ccc(F)cc1)S(=O)(=O)c1ccc(Cl)cc1. The average molecular weight is 413 g/mol. The second kappa shape index (κ2) is 9.82. The van der Waals surface area contributed by atoms with Crippen molar-refractivity contribution in [2.24, 2.45) is 0 Å². The van der Waals surface area contributed by atoms with Crippen LogP contribution in [0, 0.1) is 5.82 Å². The molecule has 146 valence electrons. The van der Waals surface area contributed by atoms with E-state index in [9.17, 15) is 17.6 Å². The van der Waals surface area contributed by atoms with E-state index in [1.165, 1.54) is 48.5 Å². The van der Waals surface area contributed by atoms with Crippen LogP contribution in [0.1, 0.15) is 25.3 Å². The number of hydrogen-bond donors (Lipinski definition) is 1. The van der Waals surface area contributed by atoms with Crippen molar-refractivity contribution in [1.82, 2.24) is 9.62 Å². The first-order valence-electron chi connectivity index (χ1n) is 8.60. The minimum atomic E-state index is -3.93. The lowest BCUT2D eigenvalue weighted by Crippen LogP contribution is -2.40. The molecule has 0 aliphatic rings. The largest absolute Gasteiger partial charge is 0.355 e. The van der Waals surface area contributed by atoms with Gasteiger partial charge >= 0.3 is 0 Å². The zero-order valence-corrected chi connectivity index (χ0v) is 16.6. The quantitative estimate of drug-likeness (QED) is 0.640. The predicted molar refractivity (Wildman–Crippen MR) is 103 cm³/mol. The number of hydrogen-bond acceptors (Lipinski definition) is 3. The van der Waals surface area contributed by atoms with Crippen molar-refractivity contribution >= 4 is 27.5 Å². The topological polar surface area (TPSA) is 66.5 Å². The van der Waals surface area contributed by atoms with Gasteiger partial charge in [-0.05, 0) is 48.4 Å². The standard InChI is InChI=1S/C19H22ClFN2O3S/c1-2-3-12-22-19(24)14-23(13-15-4-8-17(21)9-5-15)27(25,26)18-10-6-16(20)7-11-18/h4-11H,2-3,12-14H2,1H3,(H,22,24). The molecule has 27 heavy (non-hydrogen) atoms. The second-order valence-electron chi connectivity index (χ2n) is 6.06. The van der Waals surface area contributed by atoms with Crippen LogP contribution in [0.5, 0.6) is 0 Å². The molecule has 0 aromatic heterocycles. The molecule has 8 heteroatoms. The van der Waals surface area contributed by atoms with Crippen LogP contribution in [-0.2, 0) is 21.4 Å². The van der Waals surface area contributed by atoms with Gasteiger partial charge in [-0.3, -0.25) is 4.79 Å². The Morgan fingerprint density at radius 1 is 1.11 bits per heavy atom. The Bertz CT molecular complexity index is 856. The third-order valence-corrected chi connectivity index (χ3v) is 5.95. The van der Waals surface area contributed by atoms with Crippen LogP contribution in [0.3, 0.4) is 0 Å². The summed E-state index contributed by atoms with van der Waals surface area (Å²) in [5, 5.41) is 3.13. The molecule has 0 spiro atoms. The van der Waals surface area contributed by atoms with Gasteiger partial charge in [-0.25, -0.2) is 12.8 Å². The number of carbonyl (C=O) groups is 1. The molecule has 1 N–H and O–H groups in total. The highest BCUT2D eigenvalue weighted by Crippen LogP contribution is 2.20. The summed E-state index contributed by atoms with van der Waals surface area (Å²) in [6.07, 6.45) is 1.73. The van der Waals surface area contributed by atoms with Gasteiger partial charge in [-0.15, -0.1) is 0 Å². The number of rotatable bonds is 9. The molecule has 2 rings (SSSR count). The number of unbranched alkanes of at least 4 members (excludes halogenated alkanes) is 1. The molecule has 0 heterocycles. The Hall–Kier alpha value is -1.96. The van der Waals surface area contributed by atoms with E-state index in [0.717, 1.165) is 17.1 Å². The second-order valence-corrected chi connectivity index (χ2v) is 8.43. The summed E-state index contributed by atoms with van der Waals surface area (Å²) in [6.45, 7) is 2.11. The minimum Gasteiger partial charge on any atom is -0.355 e. The molecule has 2 aromatic carbocycles. The van der Waals surface area contributed by atoms with Crippen molar-refractivity contribution < 1.29 is 17.6 Å². The number of nitrogens with one attached hydrogen (secondary N) is 1. The number of halogens is 2. The Balaban J connectivity index is 2.25. The van der Waals surface area contributed by atoms with Gasteiger partial charge in [0.25, 0.3) is 0 Å². The van der Waals surface area contributed by atoms with Gasteiger partial charge in [-0.1, -0.05) is 37.1 Å². The summed E-state index contributed by atoms with van der Waals surface area (Å²) in [5.74, 6) is -0.800. The lowest BCUT2D eigenvalue weighted by molar-refractivity contribution is -0.121. The summed E-state index contributed by atoms with van der Waals surface area (Å²) in [5.41, 5.74) is 0.579. The molecular weight excluding hydrogens is 391 g/mol. The fraction of sp³-hybridized carbons (Fsp3) is 0.316. The molecule has 0 atom stereocenters. The summed E-state index contributed by atoms with van der Waals surface area (Å²) in [4.78, 5) is 12.2. The summed E-state index contributed by atoms with van der Waals surface area (Å²) >= 11 is 5.83. The summed E-state index contributed by atoms with van der Waals surface area (Å²) in [6, 6.07) is 11.2. The van der Waals surface area contributed by atoms with E-state index in [0.29, 0.717) is 17.1 Å². The van der Waals surface area contributed by atoms with Crippen LogP contribution in [0.25, 0.3) is 0 Å². The van der Waals surface area contributed by atoms with Gasteiger partial charge < -0.3 is 5.32 Å². The van der Waals surface area contributed by atoms with Crippen LogP contribution in [0.2, 0.25) is 5.02 Å². The normalized spacial score (nSPS) is 11.6. The molecule has 1 amide bonds. The van der Waals surface area contributed by atoms with Crippen LogP contribution < -0.4 is 5.32 Å². The van der Waals surface area contributed by atoms with Gasteiger partial charge in [-0.2, -0.15) is 4.31 Å². The van der Waals surface area contributed by atoms with Crippen LogP contribution in [0.4, 0.5) is 4.39 Å². The molecule has 0 bridgehead atoms. The van der Waals surface area contributed by atoms with Crippen molar-refractivity contribution in [2.45, 2.75) is 31.2 Å². The van der Waals surface area contributed by atoms with E-state index in [4.69, 9.17) is 11.6 Å². The number of amides is 1. The van der Waals surface area contributed by atoms with Crippen LogP contribution in [0.15, 0.2) is 53.4 Å². The lowest BCUT2D eigenvalue weighted by atomic mass is 10.2. The molecule has 0 unspecified atom stereocenters. The molecule has 0 saturated carbocycles. The van der Waals surface area contributed by atoms with E-state index < -0.39 is 15.8 Å². The average Bonchev–Trinajstić information content (AvgIpc) is 2.63. The lowest BCUT2D eigenvalue weighted by Gasteiger charge is -2.22. The number of nitrogens with zero attached hydrogens (tertiary/aromatic N) is 1. The Morgan fingerprint density at radius 2 is 1.74 bits per heavy atom. The highest BCUT2D eigenvalue weighted by molar-refractivity contribution is 7.89. The van der Waals surface area contributed by atoms with E-state index in [1.807, 2.05) is 6.92 Å². The first kappa shape index (κ1) is 21.3. The fourth-order valence-electron chi connectivity index (χ4n) is 2.40. The molecule has 0 saturated heterocycles. The molecule has 0 fully saturated rings. The Kier molecular flexibility index (Phi) is 7.77. The highest BCUT2D eigenvalue weighted by Gasteiger charge is 2.26. The first-order valence-corrected chi connectivity index (χ1v) is 10.4. The number of sulfonamides is 1. The van der Waals surface area contributed by atoms with Crippen molar-refractivity contribution in [3.8, 4) is 0 Å². The number of benzene rings is 2. The zero-order chi connectivity index (χ0) is 19.9. The third-order valence-electron chi connectivity index (χ3n) is 3.90. The molecule has 2 aromatic rings. The maximum atomic E-state index is 13.1. The zero-order valence-electron chi connectivity index (χ0n) is 15.0. The summed E-state index contributed by atoms with van der Waals surface area (Å²) in [7, 11) is -3.93. The van der Waals surface area contributed by atoms with Gasteiger partial charge in [0.15, 0.2) is 0 Å². The van der Waals surface area contributed by atoms with Crippen molar-refractivity contribution in [3.05, 3.63) is 64.9 Å². The third kappa shape index (κ3) is 6.30. The molecule has 0 aliphatic heterocycles. The van der Waals surface area contributed by atoms with Gasteiger partial charge in [0.1, 0.15) is 5.82 Å². The number of carbonyl (C=O) groups excluding carboxylic acids is 1. The van der Waals surface area contributed by atoms with E-state index in [-0.39, 0.29) is 23.9 Å². The Morgan fingerprint density at radius 3 is 2.33 bits per heavy atom. The van der Waals surface area contributed by atoms with Crippen LogP contribution >= 0.6 is 11.6 Å². The molecular formula is C19H22ClFN2O3S. The fourth-order valence-corrected chi connectivity index (χ4v) is 3.91. The van der Waals surface area contributed by atoms with Gasteiger partial charge in [0.05, 0.1) is 11.4 Å². The summed E-state index contributed by atoms with van der Waals surface area (Å²) < 4.78 is 40.2. The van der Waals surface area contributed by atoms with E-state index in [2.05, 4.69) is 5.32 Å². The predicted octanol–water partition coefficient (Wildman–Crippen LogP) is 3.59. The van der Waals surface area contributed by atoms with Crippen molar-refractivity contribution in [3.63, 3.8) is 0 Å². The van der Waals surface area contributed by atoms with Crippen molar-refractivity contribution in [1.29, 1.82) is 0 Å². The molecule has 0 radical (unpaired) electrons. The van der Waals surface area contributed by atoms with Crippen LogP contribution in [-0.4, -0.2) is 31.7 Å². The van der Waals surface area contributed by atoms with E-state index in [1.54, 1.807) is 0 Å². The highest BCUT2D eigenvalue weighted by atomic mass is 35.5. The monoisotopic (exact) mass is 412 g/mol. The minimum absolute atomic E-state index is 0.0374. The molecule has 5 nitrogen and oxygen atoms in total. The maximum Gasteiger partial charge on any atom is 0.243 e. The Labute approximate surface area is 164 Å². The van der Waals surface area contributed by atoms with Gasteiger partial charge in [0, 0.05) is 18.1 Å². The molecule has 0 aliphatic carbocycles. The van der Waals surface area contributed by atoms with Crippen molar-refractivity contribution in [2.75, 3.05) is 13.1 Å². The maximum absolute atomic E-state index is 13.1. The van der Waals surface area contributed by atoms with Gasteiger partial charge in [0.2, 0.25) is 15.9 Å².